The Bertz CT molecular complexity index is 1220. The number of carbonyl (C=O) groups is 2. The number of rotatable bonds is 7. The van der Waals surface area contributed by atoms with Crippen molar-refractivity contribution in [3.8, 4) is 22.8 Å². The average Bonchev–Trinajstić information content (AvgIpc) is 3.16. The van der Waals surface area contributed by atoms with Gasteiger partial charge in [-0.2, -0.15) is 0 Å². The molecule has 9 nitrogen and oxygen atoms in total. The van der Waals surface area contributed by atoms with E-state index in [1.807, 2.05) is 0 Å². The third kappa shape index (κ3) is 5.13. The number of alkyl halides is 1. The molecule has 0 spiro atoms. The Balaban J connectivity index is 1.84. The molecular formula is C20H15FI3N4O5-. The molecule has 13 heteroatoms. The zero-order chi connectivity index (χ0) is 23.5. The van der Waals surface area contributed by atoms with Crippen molar-refractivity contribution in [1.29, 1.82) is 0 Å². The van der Waals surface area contributed by atoms with E-state index >= 15 is 0 Å². The molecule has 0 saturated heterocycles. The number of ether oxygens (including phenoxy) is 1. The van der Waals surface area contributed by atoms with Crippen molar-refractivity contribution >= 4 is 66.9 Å². The molecule has 0 aliphatic carbocycles. The number of hydrogen-bond acceptors (Lipinski definition) is 7. The predicted molar refractivity (Wildman–Crippen MR) is 130 cm³/mol. The molecule has 1 aromatic carbocycles. The number of amides is 1. The number of nitrogens with zero attached hydrogens (tertiary/aromatic N) is 1. The average molecular weight is 791 g/mol. The van der Waals surface area contributed by atoms with Crippen LogP contribution in [0.5, 0.6) is 11.5 Å². The monoisotopic (exact) mass is 791 g/mol. The summed E-state index contributed by atoms with van der Waals surface area (Å²) >= 11 is 2.27. The number of para-hydroxylation sites is 1. The van der Waals surface area contributed by atoms with Crippen LogP contribution in [0.1, 0.15) is 16.1 Å². The van der Waals surface area contributed by atoms with Gasteiger partial charge in [-0.1, -0.05) is 0 Å². The van der Waals surface area contributed by atoms with Gasteiger partial charge < -0.3 is 0 Å². The number of halogens is 4. The molecule has 1 amide bonds. The molecule has 3 aromatic rings. The molecule has 1 aliphatic heterocycles. The Morgan fingerprint density at radius 3 is 2.91 bits per heavy atom. The molecular weight excluding hydrogens is 776 g/mol. The van der Waals surface area contributed by atoms with Crippen molar-refractivity contribution in [3.63, 3.8) is 0 Å². The van der Waals surface area contributed by atoms with Gasteiger partial charge >= 0.3 is 228 Å². The summed E-state index contributed by atoms with van der Waals surface area (Å²) in [7, 11) is 1.37. The first-order chi connectivity index (χ1) is 15.9. The fourth-order valence-corrected chi connectivity index (χ4v) is 6.00. The predicted octanol–water partition coefficient (Wildman–Crippen LogP) is 1.88. The normalized spacial score (nSPS) is 14.9. The molecule has 1 aliphatic rings. The summed E-state index contributed by atoms with van der Waals surface area (Å²) in [5.41, 5.74) is 3.07. The number of nitrogens with one attached hydrogen (secondary N) is 3. The van der Waals surface area contributed by atoms with Gasteiger partial charge in [0.05, 0.1) is 0 Å². The summed E-state index contributed by atoms with van der Waals surface area (Å²) < 4.78 is 29.5. The molecule has 3 N–H and O–H groups in total. The van der Waals surface area contributed by atoms with Gasteiger partial charge in [0.15, 0.2) is 0 Å². The third-order valence-electron chi connectivity index (χ3n) is 4.76. The van der Waals surface area contributed by atoms with Crippen molar-refractivity contribution in [1.82, 2.24) is 15.3 Å². The van der Waals surface area contributed by atoms with E-state index in [-0.39, 0.29) is 15.7 Å². The Morgan fingerprint density at radius 2 is 2.18 bits per heavy atom. The summed E-state index contributed by atoms with van der Waals surface area (Å²) in [6.07, 6.45) is 3.61. The Labute approximate surface area is 226 Å². The van der Waals surface area contributed by atoms with E-state index in [1.165, 1.54) is 13.2 Å². The third-order valence-corrected chi connectivity index (χ3v) is 8.31. The summed E-state index contributed by atoms with van der Waals surface area (Å²) in [5, 5.41) is 6.08. The van der Waals surface area contributed by atoms with Crippen LogP contribution in [-0.2, 0) is 9.49 Å². The molecule has 0 saturated carbocycles. The van der Waals surface area contributed by atoms with Gasteiger partial charge in [-0.05, 0) is 0 Å². The molecule has 174 valence electrons. The number of anilines is 2. The van der Waals surface area contributed by atoms with Gasteiger partial charge in [-0.25, -0.2) is 0 Å². The standard InChI is InChI=1S/C20H15FI3N4O5/c1-31-18-10(21)3-2-4-11(18)26-17-15-12(7-14(28-19(15)29)24-33-20(22)30)27-16(17)9-5-6-25-8-13(9)32-23/h2-6,8,14,26-27H,7H2,1H3,(H,28,29)/q-1/t14-/m0/s1. The Morgan fingerprint density at radius 1 is 1.36 bits per heavy atom. The maximum atomic E-state index is 14.3. The van der Waals surface area contributed by atoms with Crippen molar-refractivity contribution < 1.29 is 46.5 Å². The van der Waals surface area contributed by atoms with Crippen LogP contribution in [0.15, 0.2) is 36.7 Å². The summed E-state index contributed by atoms with van der Waals surface area (Å²) in [6.45, 7) is 0. The molecule has 0 radical (unpaired) electrons. The number of H-pyrrole nitrogens is 1. The van der Waals surface area contributed by atoms with Crippen LogP contribution in [0.4, 0.5) is 20.6 Å². The van der Waals surface area contributed by atoms with Gasteiger partial charge in [-0.3, -0.25) is 0 Å². The summed E-state index contributed by atoms with van der Waals surface area (Å²) in [5.74, 6) is -0.373. The first-order valence-corrected chi connectivity index (χ1v) is 13.4. The van der Waals surface area contributed by atoms with E-state index in [2.05, 4.69) is 20.6 Å². The fourth-order valence-electron chi connectivity index (χ4n) is 3.47. The molecule has 4 rings (SSSR count). The maximum absolute atomic E-state index is 14.3. The Hall–Kier alpha value is -1.89. The van der Waals surface area contributed by atoms with Crippen LogP contribution in [0.2, 0.25) is 0 Å². The van der Waals surface area contributed by atoms with E-state index in [9.17, 15) is 14.0 Å². The van der Waals surface area contributed by atoms with Crippen molar-refractivity contribution in [2.24, 2.45) is 0 Å². The number of methoxy groups -OCH3 is 1. The van der Waals surface area contributed by atoms with Crippen LogP contribution < -0.4 is 40.1 Å². The van der Waals surface area contributed by atoms with Crippen LogP contribution in [0.3, 0.4) is 0 Å². The summed E-state index contributed by atoms with van der Waals surface area (Å²) in [4.78, 5) is 31.7. The van der Waals surface area contributed by atoms with Crippen molar-refractivity contribution in [2.75, 3.05) is 12.4 Å². The van der Waals surface area contributed by atoms with E-state index in [1.54, 1.807) is 76.2 Å². The van der Waals surface area contributed by atoms with Crippen molar-refractivity contribution in [3.05, 3.63) is 53.7 Å². The van der Waals surface area contributed by atoms with E-state index in [4.69, 9.17) is 10.9 Å². The molecule has 0 fully saturated rings. The fraction of sp³-hybridized carbons (Fsp3) is 0.150. The zero-order valence-corrected chi connectivity index (χ0v) is 23.2. The molecule has 0 bridgehead atoms. The topological polar surface area (TPSA) is 115 Å². The van der Waals surface area contributed by atoms with Crippen LogP contribution in [0, 0.1) is 5.82 Å². The van der Waals surface area contributed by atoms with Gasteiger partial charge in [0.2, 0.25) is 0 Å². The summed E-state index contributed by atoms with van der Waals surface area (Å²) in [6, 6.07) is 6.24. The molecule has 3 heterocycles. The number of aromatic amines is 1. The minimum absolute atomic E-state index is 0.0208. The minimum atomic E-state index is -1.05. The van der Waals surface area contributed by atoms with Gasteiger partial charge in [0.25, 0.3) is 0 Å². The number of pyridine rings is 1. The van der Waals surface area contributed by atoms with Gasteiger partial charge in [-0.15, -0.1) is 0 Å². The van der Waals surface area contributed by atoms with Gasteiger partial charge in [0.1, 0.15) is 0 Å². The number of hydrogen-bond donors (Lipinski definition) is 3. The molecule has 0 unspecified atom stereocenters. The van der Waals surface area contributed by atoms with Crippen molar-refractivity contribution in [2.45, 2.75) is 10.5 Å². The first-order valence-electron chi connectivity index (χ1n) is 9.31. The van der Waals surface area contributed by atoms with Crippen LogP contribution in [-0.4, -0.2) is 31.0 Å². The van der Waals surface area contributed by atoms with Crippen LogP contribution in [0.25, 0.3) is 11.3 Å². The zero-order valence-electron chi connectivity index (χ0n) is 16.7. The number of fused-ring (bicyclic) bond motifs is 1. The van der Waals surface area contributed by atoms with E-state index in [0.29, 0.717) is 46.1 Å². The van der Waals surface area contributed by atoms with E-state index in [0.717, 1.165) is 0 Å². The SMILES string of the molecule is COc1c(F)cccc1Nc1c(-c2ccncc2OI)[nH]c2c1C(=O)N[C@H]([I-]OC(=O)I)C2. The second kappa shape index (κ2) is 10.6. The Kier molecular flexibility index (Phi) is 7.77. The quantitative estimate of drug-likeness (QED) is 0.145. The van der Waals surface area contributed by atoms with Gasteiger partial charge in [0, 0.05) is 0 Å². The first kappa shape index (κ1) is 24.2. The number of benzene rings is 1. The number of aromatic nitrogens is 2. The second-order valence-electron chi connectivity index (χ2n) is 6.67. The second-order valence-corrected chi connectivity index (χ2v) is 10.4. The number of carbonyl (C=O) groups excluding carboxylic acids is 2. The molecule has 1 atom stereocenters. The molecule has 33 heavy (non-hydrogen) atoms. The molecule has 2 aromatic heterocycles. The van der Waals surface area contributed by atoms with E-state index < -0.39 is 31.4 Å². The van der Waals surface area contributed by atoms with Crippen LogP contribution >= 0.6 is 45.6 Å².